The second-order valence-electron chi connectivity index (χ2n) is 9.33. The number of aliphatic hydroxyl groups excluding tert-OH is 1. The summed E-state index contributed by atoms with van der Waals surface area (Å²) in [7, 11) is 3.15. The lowest BCUT2D eigenvalue weighted by Gasteiger charge is -2.37. The zero-order valence-corrected chi connectivity index (χ0v) is 21.9. The highest BCUT2D eigenvalue weighted by atomic mass is 19.1. The Morgan fingerprint density at radius 3 is 1.95 bits per heavy atom. The van der Waals surface area contributed by atoms with E-state index < -0.39 is 41.5 Å². The van der Waals surface area contributed by atoms with Crippen molar-refractivity contribution in [2.24, 2.45) is 0 Å². The van der Waals surface area contributed by atoms with Crippen molar-refractivity contribution >= 4 is 0 Å². The smallest absolute Gasteiger partial charge is 0.330 e. The molecular weight excluding hydrogens is 519 g/mol. The first-order chi connectivity index (χ1) is 19.4. The first-order valence-corrected chi connectivity index (χ1v) is 12.6. The van der Waals surface area contributed by atoms with E-state index in [0.717, 1.165) is 33.5 Å². The van der Waals surface area contributed by atoms with Crippen molar-refractivity contribution in [3.8, 4) is 11.5 Å². The van der Waals surface area contributed by atoms with Gasteiger partial charge in [-0.2, -0.15) is 0 Å². The molecule has 1 fully saturated rings. The molecule has 40 heavy (non-hydrogen) atoms. The summed E-state index contributed by atoms with van der Waals surface area (Å²) in [5, 5.41) is 10.6. The topological polar surface area (TPSA) is 112 Å². The quantitative estimate of drug-likeness (QED) is 0.309. The molecule has 4 aromatic rings. The zero-order valence-electron chi connectivity index (χ0n) is 21.9. The maximum absolute atomic E-state index is 15.4. The minimum atomic E-state index is -1.87. The fourth-order valence-electron chi connectivity index (χ4n) is 4.98. The molecule has 0 bridgehead atoms. The van der Waals surface area contributed by atoms with E-state index in [9.17, 15) is 14.7 Å². The van der Waals surface area contributed by atoms with Crippen LogP contribution in [-0.2, 0) is 15.1 Å². The van der Waals surface area contributed by atoms with Crippen molar-refractivity contribution in [1.82, 2.24) is 9.55 Å². The number of halogens is 1. The van der Waals surface area contributed by atoms with Gasteiger partial charge < -0.3 is 24.1 Å². The van der Waals surface area contributed by atoms with Gasteiger partial charge in [-0.15, -0.1) is 0 Å². The lowest BCUT2D eigenvalue weighted by atomic mass is 9.80. The second kappa shape index (κ2) is 11.5. The lowest BCUT2D eigenvalue weighted by Crippen LogP contribution is -2.38. The van der Waals surface area contributed by atoms with Gasteiger partial charge in [0.25, 0.3) is 5.56 Å². The average Bonchev–Trinajstić information content (AvgIpc) is 3.27. The number of H-pyrrole nitrogens is 1. The van der Waals surface area contributed by atoms with Crippen LogP contribution in [0.25, 0.3) is 0 Å². The number of hydrogen-bond acceptors (Lipinski definition) is 7. The number of ether oxygens (including phenoxy) is 4. The third kappa shape index (κ3) is 5.04. The van der Waals surface area contributed by atoms with Crippen molar-refractivity contribution < 1.29 is 28.4 Å². The maximum atomic E-state index is 15.4. The van der Waals surface area contributed by atoms with Crippen LogP contribution in [0.1, 0.15) is 22.9 Å². The average molecular weight is 549 g/mol. The number of methoxy groups -OCH3 is 2. The number of rotatable bonds is 9. The summed E-state index contributed by atoms with van der Waals surface area (Å²) < 4.78 is 39.6. The number of alkyl halides is 1. The van der Waals surface area contributed by atoms with Gasteiger partial charge in [0.05, 0.1) is 20.8 Å². The maximum Gasteiger partial charge on any atom is 0.330 e. The summed E-state index contributed by atoms with van der Waals surface area (Å²) in [4.78, 5) is 25.9. The number of benzene rings is 3. The summed E-state index contributed by atoms with van der Waals surface area (Å²) in [5.74, 6) is 1.31. The van der Waals surface area contributed by atoms with Crippen LogP contribution in [-0.4, -0.2) is 53.9 Å². The molecule has 208 valence electrons. The van der Waals surface area contributed by atoms with Crippen LogP contribution in [0.4, 0.5) is 4.39 Å². The van der Waals surface area contributed by atoms with E-state index in [1.807, 2.05) is 78.9 Å². The predicted octanol–water partition coefficient (Wildman–Crippen LogP) is 3.16. The van der Waals surface area contributed by atoms with Crippen LogP contribution < -0.4 is 20.7 Å². The Kier molecular flexibility index (Phi) is 7.83. The number of aromatic amines is 1. The van der Waals surface area contributed by atoms with Crippen molar-refractivity contribution in [1.29, 1.82) is 0 Å². The molecule has 3 aromatic carbocycles. The summed E-state index contributed by atoms with van der Waals surface area (Å²) in [6.45, 7) is -0.278. The van der Waals surface area contributed by atoms with Gasteiger partial charge in [-0.3, -0.25) is 14.3 Å². The number of aliphatic hydroxyl groups is 1. The van der Waals surface area contributed by atoms with E-state index in [4.69, 9.17) is 18.9 Å². The molecule has 1 aliphatic rings. The summed E-state index contributed by atoms with van der Waals surface area (Å²) in [5.41, 5.74) is -0.398. The molecule has 1 aliphatic heterocycles. The van der Waals surface area contributed by atoms with E-state index in [2.05, 4.69) is 4.98 Å². The van der Waals surface area contributed by atoms with Gasteiger partial charge >= 0.3 is 5.69 Å². The second-order valence-corrected chi connectivity index (χ2v) is 9.33. The number of nitrogens with one attached hydrogen (secondary N) is 1. The molecule has 0 aliphatic carbocycles. The normalized spacial score (nSPS) is 20.8. The number of nitrogens with zero attached hydrogens (tertiary/aromatic N) is 1. The van der Waals surface area contributed by atoms with Crippen molar-refractivity contribution in [2.45, 2.75) is 30.2 Å². The van der Waals surface area contributed by atoms with E-state index in [1.165, 1.54) is 0 Å². The van der Waals surface area contributed by atoms with Gasteiger partial charge in [0.2, 0.25) is 0 Å². The fourth-order valence-corrected chi connectivity index (χ4v) is 4.98. The van der Waals surface area contributed by atoms with Gasteiger partial charge in [-0.25, -0.2) is 9.18 Å². The van der Waals surface area contributed by atoms with Crippen LogP contribution >= 0.6 is 0 Å². The minimum Gasteiger partial charge on any atom is -0.497 e. The van der Waals surface area contributed by atoms with Gasteiger partial charge in [-0.05, 0) is 41.0 Å². The zero-order chi connectivity index (χ0) is 28.3. The van der Waals surface area contributed by atoms with Gasteiger partial charge in [0.15, 0.2) is 12.4 Å². The SMILES string of the molecule is COc1ccc(C(OC[C@H]2O[C@@H](n3ccc(=O)[nH]c3=O)[C@@H](O)C2F)(c2ccccc2)c2ccc(OC)cc2)cc1. The first kappa shape index (κ1) is 27.3. The van der Waals surface area contributed by atoms with Crippen LogP contribution in [0.3, 0.4) is 0 Å². The highest BCUT2D eigenvalue weighted by molar-refractivity contribution is 5.49. The van der Waals surface area contributed by atoms with Crippen LogP contribution in [0.5, 0.6) is 11.5 Å². The van der Waals surface area contributed by atoms with Crippen LogP contribution in [0, 0.1) is 0 Å². The molecule has 1 unspecified atom stereocenters. The summed E-state index contributed by atoms with van der Waals surface area (Å²) in [6, 6.07) is 25.3. The van der Waals surface area contributed by atoms with Crippen molar-refractivity contribution in [2.75, 3.05) is 20.8 Å². The minimum absolute atomic E-state index is 0.278. The van der Waals surface area contributed by atoms with E-state index in [0.29, 0.717) is 11.5 Å². The Balaban J connectivity index is 1.56. The molecule has 2 heterocycles. The monoisotopic (exact) mass is 548 g/mol. The van der Waals surface area contributed by atoms with Gasteiger partial charge in [-0.1, -0.05) is 54.6 Å². The Hall–Kier alpha value is -4.25. The number of hydrogen-bond donors (Lipinski definition) is 2. The highest BCUT2D eigenvalue weighted by Gasteiger charge is 2.47. The van der Waals surface area contributed by atoms with E-state index in [-0.39, 0.29) is 6.61 Å². The Labute approximate surface area is 229 Å². The summed E-state index contributed by atoms with van der Waals surface area (Å²) in [6.07, 6.45) is -4.94. The lowest BCUT2D eigenvalue weighted by molar-refractivity contribution is -0.0914. The molecule has 0 saturated carbocycles. The fraction of sp³-hybridized carbons (Fsp3) is 0.267. The third-order valence-corrected chi connectivity index (χ3v) is 7.05. The molecule has 0 amide bonds. The molecule has 10 heteroatoms. The van der Waals surface area contributed by atoms with Crippen molar-refractivity contribution in [3.63, 3.8) is 0 Å². The predicted molar refractivity (Wildman–Crippen MR) is 144 cm³/mol. The standard InChI is InChI=1S/C30H29FN2O7/c1-37-22-12-8-20(9-13-22)30(19-6-4-3-5-7-19,21-10-14-23(38-2)15-11-21)39-18-24-26(31)27(35)28(40-24)33-17-16-25(34)32-29(33)36/h3-17,24,26-28,35H,18H2,1-2H3,(H,32,34,36)/t24-,26?,27+,28-/m1/s1. The molecule has 1 aromatic heterocycles. The van der Waals surface area contributed by atoms with E-state index in [1.54, 1.807) is 14.2 Å². The Bertz CT molecular complexity index is 1490. The molecule has 1 saturated heterocycles. The summed E-state index contributed by atoms with van der Waals surface area (Å²) >= 11 is 0. The highest BCUT2D eigenvalue weighted by Crippen LogP contribution is 2.43. The largest absolute Gasteiger partial charge is 0.497 e. The first-order valence-electron chi connectivity index (χ1n) is 12.6. The Morgan fingerprint density at radius 1 is 0.875 bits per heavy atom. The third-order valence-electron chi connectivity index (χ3n) is 7.05. The van der Waals surface area contributed by atoms with Gasteiger partial charge in [0, 0.05) is 12.3 Å². The molecule has 0 radical (unpaired) electrons. The van der Waals surface area contributed by atoms with Crippen molar-refractivity contribution in [3.05, 3.63) is 129 Å². The van der Waals surface area contributed by atoms with E-state index >= 15 is 4.39 Å². The molecule has 0 spiro atoms. The number of aromatic nitrogens is 2. The molecule has 9 nitrogen and oxygen atoms in total. The Morgan fingerprint density at radius 2 is 1.43 bits per heavy atom. The van der Waals surface area contributed by atoms with Crippen LogP contribution in [0.2, 0.25) is 0 Å². The molecular formula is C30H29FN2O7. The van der Waals surface area contributed by atoms with Crippen LogP contribution in [0.15, 0.2) is 101 Å². The molecule has 2 N–H and O–H groups in total. The molecule has 5 rings (SSSR count). The van der Waals surface area contributed by atoms with Gasteiger partial charge in [0.1, 0.15) is 29.3 Å². The molecule has 4 atom stereocenters.